The summed E-state index contributed by atoms with van der Waals surface area (Å²) in [5, 5.41) is 9.01. The Bertz CT molecular complexity index is 452. The Labute approximate surface area is 105 Å². The van der Waals surface area contributed by atoms with Crippen molar-refractivity contribution in [3.8, 4) is 0 Å². The zero-order valence-corrected chi connectivity index (χ0v) is 10.2. The number of hydrogen-bond acceptors (Lipinski definition) is 3. The zero-order chi connectivity index (χ0) is 13.2. The van der Waals surface area contributed by atoms with Gasteiger partial charge in [-0.3, -0.25) is 4.79 Å². The fourth-order valence-corrected chi connectivity index (χ4v) is 2.05. The first-order valence-corrected chi connectivity index (χ1v) is 5.85. The molecule has 0 radical (unpaired) electrons. The van der Waals surface area contributed by atoms with E-state index in [1.54, 1.807) is 12.1 Å². The van der Waals surface area contributed by atoms with Crippen LogP contribution >= 0.6 is 0 Å². The van der Waals surface area contributed by atoms with Crippen LogP contribution in [0.4, 0.5) is 10.1 Å². The van der Waals surface area contributed by atoms with Crippen molar-refractivity contribution in [2.45, 2.75) is 18.9 Å². The van der Waals surface area contributed by atoms with Crippen molar-refractivity contribution in [3.63, 3.8) is 0 Å². The molecule has 0 aliphatic carbocycles. The van der Waals surface area contributed by atoms with Crippen molar-refractivity contribution in [2.75, 3.05) is 24.7 Å². The van der Waals surface area contributed by atoms with Crippen molar-refractivity contribution < 1.29 is 19.0 Å². The average Bonchev–Trinajstić information content (AvgIpc) is 2.33. The van der Waals surface area contributed by atoms with Gasteiger partial charge in [-0.25, -0.2) is 4.39 Å². The van der Waals surface area contributed by atoms with E-state index in [0.717, 1.165) is 0 Å². The highest BCUT2D eigenvalue weighted by Gasteiger charge is 2.36. The first kappa shape index (κ1) is 13.0. The third-order valence-electron chi connectivity index (χ3n) is 3.10. The van der Waals surface area contributed by atoms with Crippen molar-refractivity contribution in [1.82, 2.24) is 0 Å². The standard InChI is InChI=1S/C13H16FNO3/c1-13(5-6-16)9-15(12(17)8-18-13)11-4-2-3-10(14)7-11/h2-4,7,16H,5-6,8-9H2,1H3. The smallest absolute Gasteiger partial charge is 0.253 e. The molecule has 0 saturated carbocycles. The molecule has 1 amide bonds. The number of aliphatic hydroxyl groups is 1. The van der Waals surface area contributed by atoms with Gasteiger partial charge >= 0.3 is 0 Å². The van der Waals surface area contributed by atoms with E-state index in [2.05, 4.69) is 0 Å². The van der Waals surface area contributed by atoms with Crippen LogP contribution in [0, 0.1) is 5.82 Å². The second kappa shape index (κ2) is 5.04. The van der Waals surface area contributed by atoms with E-state index in [1.807, 2.05) is 6.92 Å². The minimum Gasteiger partial charge on any atom is -0.396 e. The molecule has 1 aliphatic rings. The Morgan fingerprint density at radius 2 is 2.33 bits per heavy atom. The lowest BCUT2D eigenvalue weighted by Gasteiger charge is -2.40. The van der Waals surface area contributed by atoms with E-state index in [4.69, 9.17) is 9.84 Å². The first-order valence-electron chi connectivity index (χ1n) is 5.85. The van der Waals surface area contributed by atoms with Crippen LogP contribution in [-0.4, -0.2) is 36.4 Å². The van der Waals surface area contributed by atoms with Gasteiger partial charge < -0.3 is 14.7 Å². The topological polar surface area (TPSA) is 49.8 Å². The summed E-state index contributed by atoms with van der Waals surface area (Å²) in [6.07, 6.45) is 0.437. The van der Waals surface area contributed by atoms with Gasteiger partial charge in [0, 0.05) is 18.7 Å². The summed E-state index contributed by atoms with van der Waals surface area (Å²) in [6.45, 7) is 2.09. The number of rotatable bonds is 3. The molecule has 1 N–H and O–H groups in total. The molecule has 1 heterocycles. The number of aliphatic hydroxyl groups excluding tert-OH is 1. The van der Waals surface area contributed by atoms with Gasteiger partial charge in [-0.05, 0) is 25.1 Å². The van der Waals surface area contributed by atoms with Gasteiger partial charge in [-0.2, -0.15) is 0 Å². The molecule has 0 spiro atoms. The van der Waals surface area contributed by atoms with E-state index in [-0.39, 0.29) is 24.9 Å². The van der Waals surface area contributed by atoms with Gasteiger partial charge in [0.2, 0.25) is 0 Å². The molecule has 98 valence electrons. The number of carbonyl (C=O) groups is 1. The highest BCUT2D eigenvalue weighted by molar-refractivity contribution is 5.95. The second-order valence-electron chi connectivity index (χ2n) is 4.67. The summed E-state index contributed by atoms with van der Waals surface area (Å²) in [6, 6.07) is 5.91. The third-order valence-corrected chi connectivity index (χ3v) is 3.10. The van der Waals surface area contributed by atoms with E-state index < -0.39 is 5.60 Å². The first-order chi connectivity index (χ1) is 8.54. The molecule has 4 nitrogen and oxygen atoms in total. The number of carbonyl (C=O) groups excluding carboxylic acids is 1. The lowest BCUT2D eigenvalue weighted by atomic mass is 9.99. The number of benzene rings is 1. The molecule has 0 aromatic heterocycles. The third kappa shape index (κ3) is 2.68. The molecule has 0 bridgehead atoms. The summed E-state index contributed by atoms with van der Waals surface area (Å²) in [5.74, 6) is -0.577. The largest absolute Gasteiger partial charge is 0.396 e. The summed E-state index contributed by atoms with van der Waals surface area (Å²) >= 11 is 0. The number of anilines is 1. The molecular formula is C13H16FNO3. The predicted octanol–water partition coefficient (Wildman–Crippen LogP) is 1.33. The van der Waals surface area contributed by atoms with Crippen molar-refractivity contribution >= 4 is 11.6 Å². The molecular weight excluding hydrogens is 237 g/mol. The van der Waals surface area contributed by atoms with Gasteiger partial charge in [0.25, 0.3) is 5.91 Å². The Kier molecular flexibility index (Phi) is 3.63. The van der Waals surface area contributed by atoms with Gasteiger partial charge in [0.15, 0.2) is 0 Å². The average molecular weight is 253 g/mol. The number of morpholine rings is 1. The Morgan fingerprint density at radius 3 is 3.00 bits per heavy atom. The molecule has 1 aliphatic heterocycles. The molecule has 1 aromatic rings. The minimum absolute atomic E-state index is 0.0122. The van der Waals surface area contributed by atoms with Gasteiger partial charge in [-0.15, -0.1) is 0 Å². The summed E-state index contributed by atoms with van der Waals surface area (Å²) in [5.41, 5.74) is -0.0675. The summed E-state index contributed by atoms with van der Waals surface area (Å²) in [4.78, 5) is 13.3. The predicted molar refractivity (Wildman–Crippen MR) is 64.8 cm³/mol. The van der Waals surface area contributed by atoms with Crippen LogP contribution in [0.3, 0.4) is 0 Å². The van der Waals surface area contributed by atoms with Crippen LogP contribution in [0.5, 0.6) is 0 Å². The molecule has 1 atom stereocenters. The molecule has 1 aromatic carbocycles. The number of ether oxygens (including phenoxy) is 1. The van der Waals surface area contributed by atoms with E-state index in [1.165, 1.54) is 17.0 Å². The Hall–Kier alpha value is -1.46. The quantitative estimate of drug-likeness (QED) is 0.884. The van der Waals surface area contributed by atoms with E-state index in [0.29, 0.717) is 18.7 Å². The zero-order valence-electron chi connectivity index (χ0n) is 10.2. The maximum absolute atomic E-state index is 13.2. The van der Waals surface area contributed by atoms with Crippen LogP contribution in [-0.2, 0) is 9.53 Å². The van der Waals surface area contributed by atoms with Gasteiger partial charge in [0.05, 0.1) is 12.1 Å². The van der Waals surface area contributed by atoms with E-state index >= 15 is 0 Å². The highest BCUT2D eigenvalue weighted by Crippen LogP contribution is 2.26. The molecule has 1 unspecified atom stereocenters. The number of halogens is 1. The van der Waals surface area contributed by atoms with Gasteiger partial charge in [0.1, 0.15) is 12.4 Å². The Morgan fingerprint density at radius 1 is 1.56 bits per heavy atom. The molecule has 1 fully saturated rings. The van der Waals surface area contributed by atoms with Crippen LogP contribution in [0.15, 0.2) is 24.3 Å². The summed E-state index contributed by atoms with van der Waals surface area (Å²) < 4.78 is 18.6. The van der Waals surface area contributed by atoms with Crippen LogP contribution in [0.1, 0.15) is 13.3 Å². The number of amides is 1. The molecule has 18 heavy (non-hydrogen) atoms. The maximum atomic E-state index is 13.2. The van der Waals surface area contributed by atoms with Crippen molar-refractivity contribution in [2.24, 2.45) is 0 Å². The lowest BCUT2D eigenvalue weighted by molar-refractivity contribution is -0.138. The van der Waals surface area contributed by atoms with Gasteiger partial charge in [-0.1, -0.05) is 6.07 Å². The normalized spacial score (nSPS) is 24.4. The van der Waals surface area contributed by atoms with E-state index in [9.17, 15) is 9.18 Å². The monoisotopic (exact) mass is 253 g/mol. The van der Waals surface area contributed by atoms with Crippen LogP contribution in [0.2, 0.25) is 0 Å². The number of hydrogen-bond donors (Lipinski definition) is 1. The van der Waals surface area contributed by atoms with Crippen LogP contribution in [0.25, 0.3) is 0 Å². The fraction of sp³-hybridized carbons (Fsp3) is 0.462. The second-order valence-corrected chi connectivity index (χ2v) is 4.67. The molecule has 5 heteroatoms. The fourth-order valence-electron chi connectivity index (χ4n) is 2.05. The SMILES string of the molecule is CC1(CCO)CN(c2cccc(F)c2)C(=O)CO1. The molecule has 1 saturated heterocycles. The molecule has 2 rings (SSSR count). The maximum Gasteiger partial charge on any atom is 0.253 e. The Balaban J connectivity index is 2.23. The van der Waals surface area contributed by atoms with Crippen molar-refractivity contribution in [1.29, 1.82) is 0 Å². The van der Waals surface area contributed by atoms with Crippen LogP contribution < -0.4 is 4.90 Å². The lowest BCUT2D eigenvalue weighted by Crippen LogP contribution is -2.53. The number of nitrogens with zero attached hydrogens (tertiary/aromatic N) is 1. The highest BCUT2D eigenvalue weighted by atomic mass is 19.1. The minimum atomic E-state index is -0.588. The summed E-state index contributed by atoms with van der Waals surface area (Å²) in [7, 11) is 0. The van der Waals surface area contributed by atoms with Crippen molar-refractivity contribution in [3.05, 3.63) is 30.1 Å².